The number of amides is 1. The molecule has 2 aromatic carbocycles. The molecular formula is C28H30N6O2S. The van der Waals surface area contributed by atoms with Crippen molar-refractivity contribution >= 4 is 34.5 Å². The third-order valence-corrected chi connectivity index (χ3v) is 7.68. The molecular weight excluding hydrogens is 484 g/mol. The summed E-state index contributed by atoms with van der Waals surface area (Å²) in [6, 6.07) is 15.5. The van der Waals surface area contributed by atoms with Crippen LogP contribution >= 0.6 is 11.8 Å². The molecule has 1 N–H and O–H groups in total. The summed E-state index contributed by atoms with van der Waals surface area (Å²) in [5.41, 5.74) is 2.58. The number of para-hydroxylation sites is 2. The van der Waals surface area contributed by atoms with Crippen LogP contribution in [0.5, 0.6) is 11.5 Å². The molecule has 1 fully saturated rings. The first kappa shape index (κ1) is 23.8. The van der Waals surface area contributed by atoms with Gasteiger partial charge in [0.05, 0.1) is 24.0 Å². The van der Waals surface area contributed by atoms with Crippen molar-refractivity contribution in [2.75, 3.05) is 30.3 Å². The Morgan fingerprint density at radius 2 is 1.73 bits per heavy atom. The minimum Gasteiger partial charge on any atom is -0.457 e. The van der Waals surface area contributed by atoms with Crippen molar-refractivity contribution in [3.63, 3.8) is 0 Å². The van der Waals surface area contributed by atoms with Gasteiger partial charge in [0.15, 0.2) is 10.8 Å². The van der Waals surface area contributed by atoms with E-state index in [2.05, 4.69) is 22.2 Å². The lowest BCUT2D eigenvalue weighted by atomic mass is 9.87. The summed E-state index contributed by atoms with van der Waals surface area (Å²) in [4.78, 5) is 25.6. The van der Waals surface area contributed by atoms with Crippen LogP contribution in [0.25, 0.3) is 11.0 Å². The summed E-state index contributed by atoms with van der Waals surface area (Å²) in [5.74, 6) is 2.86. The molecule has 0 bridgehead atoms. The Labute approximate surface area is 220 Å². The van der Waals surface area contributed by atoms with Gasteiger partial charge in [-0.05, 0) is 37.1 Å². The monoisotopic (exact) mass is 514 g/mol. The molecule has 1 amide bonds. The molecule has 0 atom stereocenters. The quantitative estimate of drug-likeness (QED) is 0.275. The van der Waals surface area contributed by atoms with Crippen molar-refractivity contribution in [1.29, 1.82) is 0 Å². The molecule has 2 aromatic heterocycles. The van der Waals surface area contributed by atoms with Gasteiger partial charge in [0.1, 0.15) is 17.3 Å². The van der Waals surface area contributed by atoms with Crippen LogP contribution in [0.1, 0.15) is 43.2 Å². The third-order valence-electron chi connectivity index (χ3n) is 6.95. The number of carbonyl (C=O) groups excluding carboxylic acids is 1. The van der Waals surface area contributed by atoms with Gasteiger partial charge < -0.3 is 15.0 Å². The lowest BCUT2D eigenvalue weighted by molar-refractivity contribution is -0.121. The van der Waals surface area contributed by atoms with Crippen molar-refractivity contribution in [2.45, 2.75) is 43.8 Å². The van der Waals surface area contributed by atoms with E-state index in [1.54, 1.807) is 11.8 Å². The highest BCUT2D eigenvalue weighted by Crippen LogP contribution is 2.43. The molecule has 190 valence electrons. The summed E-state index contributed by atoms with van der Waals surface area (Å²) in [5, 5.41) is 9.53. The number of hydrogen-bond acceptors (Lipinski definition) is 7. The SMILES string of the molecule is CCSc1nc(N2CCCCC2)c2cnn(CCNC(=O)C3c4ccccc4Oc4ccccc43)c2n1. The molecule has 8 nitrogen and oxygen atoms in total. The highest BCUT2D eigenvalue weighted by Gasteiger charge is 2.32. The van der Waals surface area contributed by atoms with Gasteiger partial charge >= 0.3 is 0 Å². The molecule has 1 saturated heterocycles. The first-order valence-corrected chi connectivity index (χ1v) is 14.0. The summed E-state index contributed by atoms with van der Waals surface area (Å²) in [7, 11) is 0. The first-order valence-electron chi connectivity index (χ1n) is 13.0. The van der Waals surface area contributed by atoms with E-state index in [1.807, 2.05) is 59.4 Å². The summed E-state index contributed by atoms with van der Waals surface area (Å²) >= 11 is 1.64. The van der Waals surface area contributed by atoms with Gasteiger partial charge in [-0.15, -0.1) is 0 Å². The maximum atomic E-state index is 13.5. The number of fused-ring (bicyclic) bond motifs is 3. The summed E-state index contributed by atoms with van der Waals surface area (Å²) < 4.78 is 7.93. The Morgan fingerprint density at radius 3 is 2.43 bits per heavy atom. The fraction of sp³-hybridized carbons (Fsp3) is 0.357. The fourth-order valence-electron chi connectivity index (χ4n) is 5.20. The van der Waals surface area contributed by atoms with Gasteiger partial charge in [-0.3, -0.25) is 4.79 Å². The number of hydrogen-bond donors (Lipinski definition) is 1. The first-order chi connectivity index (χ1) is 18.2. The van der Waals surface area contributed by atoms with Gasteiger partial charge in [0.25, 0.3) is 0 Å². The lowest BCUT2D eigenvalue weighted by Crippen LogP contribution is -2.34. The molecule has 0 radical (unpaired) electrons. The van der Waals surface area contributed by atoms with Gasteiger partial charge in [0, 0.05) is 30.8 Å². The van der Waals surface area contributed by atoms with E-state index in [1.165, 1.54) is 19.3 Å². The maximum Gasteiger partial charge on any atom is 0.232 e. The van der Waals surface area contributed by atoms with E-state index >= 15 is 0 Å². The van der Waals surface area contributed by atoms with Crippen molar-refractivity contribution in [2.24, 2.45) is 0 Å². The van der Waals surface area contributed by atoms with Crippen molar-refractivity contribution in [1.82, 2.24) is 25.1 Å². The summed E-state index contributed by atoms with van der Waals surface area (Å²) in [6.45, 7) is 5.10. The van der Waals surface area contributed by atoms with E-state index in [0.29, 0.717) is 13.1 Å². The molecule has 0 saturated carbocycles. The predicted molar refractivity (Wildman–Crippen MR) is 146 cm³/mol. The maximum absolute atomic E-state index is 13.5. The Morgan fingerprint density at radius 1 is 1.03 bits per heavy atom. The second kappa shape index (κ2) is 10.4. The van der Waals surface area contributed by atoms with Crippen molar-refractivity contribution in [3.8, 4) is 11.5 Å². The number of piperidine rings is 1. The van der Waals surface area contributed by atoms with Crippen LogP contribution in [0, 0.1) is 0 Å². The lowest BCUT2D eigenvalue weighted by Gasteiger charge is -2.28. The third kappa shape index (κ3) is 4.64. The smallest absolute Gasteiger partial charge is 0.232 e. The van der Waals surface area contributed by atoms with Crippen LogP contribution in [-0.4, -0.2) is 51.0 Å². The molecule has 37 heavy (non-hydrogen) atoms. The topological polar surface area (TPSA) is 85.2 Å². The zero-order chi connectivity index (χ0) is 25.2. The standard InChI is InChI=1S/C28H30N6O2S/c1-2-37-28-31-25(33-15-8-3-9-16-33)21-18-30-34(26(21)32-28)17-14-29-27(35)24-19-10-4-6-12-22(19)36-23-13-7-5-11-20(23)24/h4-7,10-13,18,24H,2-3,8-9,14-17H2,1H3,(H,29,35). The van der Waals surface area contributed by atoms with Crippen LogP contribution in [0.2, 0.25) is 0 Å². The molecule has 0 spiro atoms. The number of nitrogens with one attached hydrogen (secondary N) is 1. The van der Waals surface area contributed by atoms with Crippen LogP contribution in [0.4, 0.5) is 5.82 Å². The van der Waals surface area contributed by atoms with Gasteiger partial charge in [-0.1, -0.05) is 55.1 Å². The number of nitrogens with zero attached hydrogens (tertiary/aromatic N) is 5. The molecule has 0 unspecified atom stereocenters. The molecule has 2 aliphatic heterocycles. The van der Waals surface area contributed by atoms with E-state index < -0.39 is 5.92 Å². The Kier molecular flexibility index (Phi) is 6.70. The average molecular weight is 515 g/mol. The Bertz CT molecular complexity index is 1390. The molecule has 2 aliphatic rings. The molecule has 9 heteroatoms. The number of anilines is 1. The van der Waals surface area contributed by atoms with Gasteiger partial charge in [-0.2, -0.15) is 5.10 Å². The highest BCUT2D eigenvalue weighted by molar-refractivity contribution is 7.99. The summed E-state index contributed by atoms with van der Waals surface area (Å²) in [6.07, 6.45) is 5.50. The fourth-order valence-corrected chi connectivity index (χ4v) is 5.76. The van der Waals surface area contributed by atoms with E-state index in [9.17, 15) is 4.79 Å². The van der Waals surface area contributed by atoms with E-state index in [-0.39, 0.29) is 5.91 Å². The number of aromatic nitrogens is 4. The van der Waals surface area contributed by atoms with Crippen LogP contribution in [0.3, 0.4) is 0 Å². The zero-order valence-corrected chi connectivity index (χ0v) is 21.7. The molecule has 6 rings (SSSR count). The number of carbonyl (C=O) groups is 1. The normalized spacial score (nSPS) is 15.2. The van der Waals surface area contributed by atoms with Crippen LogP contribution in [0.15, 0.2) is 59.9 Å². The average Bonchev–Trinajstić information content (AvgIpc) is 3.34. The largest absolute Gasteiger partial charge is 0.457 e. The number of benzene rings is 2. The number of thioether (sulfide) groups is 1. The minimum atomic E-state index is -0.420. The van der Waals surface area contributed by atoms with E-state index in [4.69, 9.17) is 14.7 Å². The molecule has 4 heterocycles. The van der Waals surface area contributed by atoms with Crippen LogP contribution < -0.4 is 15.0 Å². The zero-order valence-electron chi connectivity index (χ0n) is 20.9. The number of rotatable bonds is 7. The van der Waals surface area contributed by atoms with Crippen LogP contribution in [-0.2, 0) is 11.3 Å². The van der Waals surface area contributed by atoms with Gasteiger partial charge in [-0.25, -0.2) is 14.6 Å². The van der Waals surface area contributed by atoms with Crippen molar-refractivity contribution < 1.29 is 9.53 Å². The second-order valence-corrected chi connectivity index (χ2v) is 10.5. The number of ether oxygens (including phenoxy) is 1. The Balaban J connectivity index is 1.23. The van der Waals surface area contributed by atoms with Gasteiger partial charge in [0.2, 0.25) is 5.91 Å². The molecule has 0 aliphatic carbocycles. The Hall–Kier alpha value is -3.59. The van der Waals surface area contributed by atoms with Crippen molar-refractivity contribution in [3.05, 3.63) is 65.9 Å². The predicted octanol–water partition coefficient (Wildman–Crippen LogP) is 4.98. The highest BCUT2D eigenvalue weighted by atomic mass is 32.2. The van der Waals surface area contributed by atoms with E-state index in [0.717, 1.165) is 63.5 Å². The minimum absolute atomic E-state index is 0.0504. The second-order valence-electron chi connectivity index (χ2n) is 9.32. The molecule has 4 aromatic rings.